The SMILES string of the molecule is O=C(C[C@H]1CC[C@@H]2[C@H](COC[C@H](O)CN2S(=O)(=O)c2ccc(F)cc2)O1)N[C@H]1CCN(Cc2ccccc2)C1. The van der Waals surface area contributed by atoms with Crippen LogP contribution < -0.4 is 5.32 Å². The number of fused-ring (bicyclic) bond motifs is 1. The fourth-order valence-corrected chi connectivity index (χ4v) is 7.46. The van der Waals surface area contributed by atoms with Gasteiger partial charge in [0.1, 0.15) is 5.82 Å². The summed E-state index contributed by atoms with van der Waals surface area (Å²) in [7, 11) is -4.02. The Kier molecular flexibility index (Phi) is 8.95. The molecule has 5 atom stereocenters. The van der Waals surface area contributed by atoms with Crippen LogP contribution in [0.2, 0.25) is 0 Å². The molecule has 2 aromatic rings. The first-order valence-electron chi connectivity index (χ1n) is 13.5. The van der Waals surface area contributed by atoms with Crippen molar-refractivity contribution in [1.29, 1.82) is 0 Å². The second kappa shape index (κ2) is 12.4. The van der Waals surface area contributed by atoms with Crippen molar-refractivity contribution in [1.82, 2.24) is 14.5 Å². The van der Waals surface area contributed by atoms with Gasteiger partial charge in [-0.25, -0.2) is 12.8 Å². The van der Waals surface area contributed by atoms with Gasteiger partial charge in [0.05, 0.1) is 48.9 Å². The van der Waals surface area contributed by atoms with Gasteiger partial charge < -0.3 is 19.9 Å². The summed E-state index contributed by atoms with van der Waals surface area (Å²) in [6.07, 6.45) is 0.0617. The van der Waals surface area contributed by atoms with Crippen molar-refractivity contribution in [3.63, 3.8) is 0 Å². The summed E-state index contributed by atoms with van der Waals surface area (Å²) in [5, 5.41) is 13.5. The molecular formula is C28H36FN3O6S. The van der Waals surface area contributed by atoms with Crippen molar-refractivity contribution in [3.05, 3.63) is 66.0 Å². The maximum atomic E-state index is 13.5. The molecule has 3 heterocycles. The fourth-order valence-electron chi connectivity index (χ4n) is 5.74. The van der Waals surface area contributed by atoms with Crippen LogP contribution in [0.4, 0.5) is 4.39 Å². The third kappa shape index (κ3) is 7.03. The summed E-state index contributed by atoms with van der Waals surface area (Å²) in [4.78, 5) is 15.2. The van der Waals surface area contributed by atoms with E-state index in [0.29, 0.717) is 12.8 Å². The molecule has 3 aliphatic rings. The second-order valence-electron chi connectivity index (χ2n) is 10.6. The van der Waals surface area contributed by atoms with Crippen LogP contribution in [0.15, 0.2) is 59.5 Å². The lowest BCUT2D eigenvalue weighted by molar-refractivity contribution is -0.146. The van der Waals surface area contributed by atoms with Crippen LogP contribution in [0.25, 0.3) is 0 Å². The van der Waals surface area contributed by atoms with Crippen LogP contribution >= 0.6 is 0 Å². The van der Waals surface area contributed by atoms with E-state index < -0.39 is 34.1 Å². The van der Waals surface area contributed by atoms with Crippen LogP contribution in [0.3, 0.4) is 0 Å². The van der Waals surface area contributed by atoms with Gasteiger partial charge in [0, 0.05) is 32.2 Å². The quantitative estimate of drug-likeness (QED) is 0.532. The number of amides is 1. The van der Waals surface area contributed by atoms with E-state index in [-0.39, 0.29) is 49.1 Å². The molecule has 9 nitrogen and oxygen atoms in total. The first-order valence-corrected chi connectivity index (χ1v) is 15.0. The van der Waals surface area contributed by atoms with Crippen LogP contribution in [0, 0.1) is 5.82 Å². The van der Waals surface area contributed by atoms with E-state index in [2.05, 4.69) is 22.3 Å². The van der Waals surface area contributed by atoms with Crippen molar-refractivity contribution < 1.29 is 32.2 Å². The topological polar surface area (TPSA) is 108 Å². The van der Waals surface area contributed by atoms with Crippen LogP contribution in [0.1, 0.15) is 31.2 Å². The molecule has 0 radical (unpaired) electrons. The van der Waals surface area contributed by atoms with Crippen molar-refractivity contribution in [2.45, 2.75) is 67.5 Å². The van der Waals surface area contributed by atoms with Gasteiger partial charge in [0.15, 0.2) is 0 Å². The average Bonchev–Trinajstić information content (AvgIpc) is 3.33. The Bertz CT molecular complexity index is 1220. The zero-order valence-electron chi connectivity index (χ0n) is 21.8. The molecule has 1 amide bonds. The third-order valence-corrected chi connectivity index (χ3v) is 9.56. The number of rotatable bonds is 7. The number of sulfonamides is 1. The molecule has 2 aromatic carbocycles. The Morgan fingerprint density at radius 1 is 1.03 bits per heavy atom. The summed E-state index contributed by atoms with van der Waals surface area (Å²) < 4.78 is 53.5. The largest absolute Gasteiger partial charge is 0.389 e. The molecule has 0 spiro atoms. The Morgan fingerprint density at radius 2 is 1.79 bits per heavy atom. The molecule has 11 heteroatoms. The van der Waals surface area contributed by atoms with E-state index in [4.69, 9.17) is 9.47 Å². The molecule has 212 valence electrons. The van der Waals surface area contributed by atoms with Crippen molar-refractivity contribution in [3.8, 4) is 0 Å². The standard InChI is InChI=1S/C28H36FN3O6S/c29-21-6-9-25(10-7-21)39(35,36)32-17-23(33)18-37-19-27-26(32)11-8-24(38-27)14-28(34)30-22-12-13-31(16-22)15-20-4-2-1-3-5-20/h1-7,9-10,22-24,26-27,33H,8,11-19H2,(H,30,34)/t22-,23+,24+,26+,27-/m0/s1. The lowest BCUT2D eigenvalue weighted by Gasteiger charge is -2.43. The molecule has 0 aromatic heterocycles. The number of carbonyl (C=O) groups excluding carboxylic acids is 1. The fraction of sp³-hybridized carbons (Fsp3) is 0.536. The number of aliphatic hydroxyl groups excluding tert-OH is 1. The monoisotopic (exact) mass is 561 g/mol. The molecule has 0 bridgehead atoms. The molecule has 3 saturated heterocycles. The van der Waals surface area contributed by atoms with Gasteiger partial charge in [0.25, 0.3) is 0 Å². The van der Waals surface area contributed by atoms with Crippen LogP contribution in [0.5, 0.6) is 0 Å². The molecule has 2 N–H and O–H groups in total. The summed E-state index contributed by atoms with van der Waals surface area (Å²) in [6, 6.07) is 14.4. The number of benzene rings is 2. The highest BCUT2D eigenvalue weighted by Gasteiger charge is 2.43. The van der Waals surface area contributed by atoms with E-state index in [9.17, 15) is 22.7 Å². The van der Waals surface area contributed by atoms with E-state index in [1.165, 1.54) is 22.0 Å². The Morgan fingerprint density at radius 3 is 2.56 bits per heavy atom. The van der Waals surface area contributed by atoms with Crippen molar-refractivity contribution in [2.75, 3.05) is 32.8 Å². The highest BCUT2D eigenvalue weighted by atomic mass is 32.2. The smallest absolute Gasteiger partial charge is 0.243 e. The van der Waals surface area contributed by atoms with E-state index in [1.54, 1.807) is 0 Å². The predicted octanol–water partition coefficient (Wildman–Crippen LogP) is 1.90. The molecular weight excluding hydrogens is 525 g/mol. The third-order valence-electron chi connectivity index (χ3n) is 7.65. The summed E-state index contributed by atoms with van der Waals surface area (Å²) >= 11 is 0. The van der Waals surface area contributed by atoms with Gasteiger partial charge in [-0.05, 0) is 49.1 Å². The number of β-amino-alcohol motifs (C(OH)–C–C–N with tert-alkyl or cyclic N) is 1. The van der Waals surface area contributed by atoms with Gasteiger partial charge >= 0.3 is 0 Å². The molecule has 0 unspecified atom stereocenters. The van der Waals surface area contributed by atoms with Gasteiger partial charge in [-0.15, -0.1) is 0 Å². The van der Waals surface area contributed by atoms with Gasteiger partial charge in [-0.1, -0.05) is 30.3 Å². The van der Waals surface area contributed by atoms with Crippen molar-refractivity contribution >= 4 is 15.9 Å². The zero-order valence-corrected chi connectivity index (χ0v) is 22.6. The maximum Gasteiger partial charge on any atom is 0.243 e. The minimum Gasteiger partial charge on any atom is -0.389 e. The number of hydrogen-bond donors (Lipinski definition) is 2. The first-order chi connectivity index (χ1) is 18.8. The molecule has 3 aliphatic heterocycles. The van der Waals surface area contributed by atoms with Crippen molar-refractivity contribution in [2.24, 2.45) is 0 Å². The van der Waals surface area contributed by atoms with Crippen LogP contribution in [-0.2, 0) is 30.8 Å². The molecule has 0 saturated carbocycles. The Hall–Kier alpha value is -2.41. The number of nitrogens with one attached hydrogen (secondary N) is 1. The minimum atomic E-state index is -4.02. The summed E-state index contributed by atoms with van der Waals surface area (Å²) in [6.45, 7) is 2.49. The number of likely N-dealkylation sites (tertiary alicyclic amines) is 1. The normalized spacial score (nSPS) is 28.8. The van der Waals surface area contributed by atoms with E-state index in [0.717, 1.165) is 38.2 Å². The summed E-state index contributed by atoms with van der Waals surface area (Å²) in [5.41, 5.74) is 1.25. The number of carbonyl (C=O) groups is 1. The molecule has 39 heavy (non-hydrogen) atoms. The molecule has 5 rings (SSSR count). The Balaban J connectivity index is 1.18. The molecule has 0 aliphatic carbocycles. The van der Waals surface area contributed by atoms with Crippen LogP contribution in [-0.4, -0.2) is 91.9 Å². The first kappa shape index (κ1) is 28.1. The number of aliphatic hydroxyl groups is 1. The summed E-state index contributed by atoms with van der Waals surface area (Å²) in [5.74, 6) is -0.612. The highest BCUT2D eigenvalue weighted by Crippen LogP contribution is 2.31. The predicted molar refractivity (Wildman–Crippen MR) is 142 cm³/mol. The molecule has 3 fully saturated rings. The maximum absolute atomic E-state index is 13.5. The highest BCUT2D eigenvalue weighted by molar-refractivity contribution is 7.89. The zero-order chi connectivity index (χ0) is 27.4. The lowest BCUT2D eigenvalue weighted by Crippen LogP contribution is -2.57. The van der Waals surface area contributed by atoms with E-state index >= 15 is 0 Å². The second-order valence-corrected chi connectivity index (χ2v) is 12.5. The average molecular weight is 562 g/mol. The number of hydrogen-bond acceptors (Lipinski definition) is 7. The van der Waals surface area contributed by atoms with Gasteiger partial charge in [-0.2, -0.15) is 4.31 Å². The lowest BCUT2D eigenvalue weighted by atomic mass is 9.96. The number of halogens is 1. The van der Waals surface area contributed by atoms with Gasteiger partial charge in [-0.3, -0.25) is 9.69 Å². The van der Waals surface area contributed by atoms with Gasteiger partial charge in [0.2, 0.25) is 15.9 Å². The minimum absolute atomic E-state index is 0.0334. The van der Waals surface area contributed by atoms with E-state index in [1.807, 2.05) is 18.2 Å². The Labute approximate surface area is 228 Å². The number of nitrogens with zero attached hydrogens (tertiary/aromatic N) is 2. The number of ether oxygens (including phenoxy) is 2.